The first-order valence-electron chi connectivity index (χ1n) is 10.5. The number of alkyl halides is 2. The van der Waals surface area contributed by atoms with Crippen LogP contribution in [-0.2, 0) is 9.59 Å². The fourth-order valence-electron chi connectivity index (χ4n) is 3.74. The number of rotatable bonds is 6. The largest absolute Gasteiger partial charge is 0.486 e. The molecule has 10 heteroatoms. The Hall–Kier alpha value is -3.58. The molecule has 2 aromatic rings. The van der Waals surface area contributed by atoms with E-state index in [1.54, 1.807) is 30.3 Å². The third kappa shape index (κ3) is 5.09. The van der Waals surface area contributed by atoms with Crippen molar-refractivity contribution in [3.63, 3.8) is 0 Å². The summed E-state index contributed by atoms with van der Waals surface area (Å²) in [4.78, 5) is 28.8. The minimum absolute atomic E-state index is 0.181. The van der Waals surface area contributed by atoms with Gasteiger partial charge in [-0.15, -0.1) is 0 Å². The predicted molar refractivity (Wildman–Crippen MR) is 114 cm³/mol. The van der Waals surface area contributed by atoms with E-state index in [9.17, 15) is 23.6 Å². The fraction of sp³-hybridized carbons (Fsp3) is 0.391. The van der Waals surface area contributed by atoms with E-state index < -0.39 is 42.8 Å². The summed E-state index contributed by atoms with van der Waals surface area (Å²) in [6.45, 7) is -0.602. The molecule has 2 fully saturated rings. The van der Waals surface area contributed by atoms with Crippen LogP contribution < -0.4 is 10.1 Å². The molecule has 2 N–H and O–H groups in total. The molecule has 1 aromatic heterocycles. The van der Waals surface area contributed by atoms with E-state index in [2.05, 4.69) is 10.3 Å². The Balaban J connectivity index is 1.46. The molecule has 1 saturated carbocycles. The summed E-state index contributed by atoms with van der Waals surface area (Å²) in [6.07, 6.45) is -1.44. The zero-order valence-corrected chi connectivity index (χ0v) is 17.6. The number of nitrogens with zero attached hydrogens (tertiary/aromatic N) is 3. The number of hydrogen-bond donors (Lipinski definition) is 2. The number of amides is 2. The maximum absolute atomic E-state index is 14.5. The lowest BCUT2D eigenvalue weighted by Crippen LogP contribution is -2.50. The Morgan fingerprint density at radius 1 is 1.24 bits per heavy atom. The lowest BCUT2D eigenvalue weighted by atomic mass is 10.0. The van der Waals surface area contributed by atoms with Gasteiger partial charge in [-0.3, -0.25) is 9.59 Å². The van der Waals surface area contributed by atoms with Gasteiger partial charge in [-0.1, -0.05) is 6.07 Å². The van der Waals surface area contributed by atoms with Gasteiger partial charge < -0.3 is 20.1 Å². The second-order valence-electron chi connectivity index (χ2n) is 8.06. The van der Waals surface area contributed by atoms with Crippen LogP contribution in [0.25, 0.3) is 11.1 Å². The molecule has 2 aliphatic rings. The van der Waals surface area contributed by atoms with E-state index in [0.717, 1.165) is 0 Å². The van der Waals surface area contributed by atoms with Crippen LogP contribution in [0.15, 0.2) is 36.5 Å². The van der Waals surface area contributed by atoms with Crippen molar-refractivity contribution < 1.29 is 28.2 Å². The van der Waals surface area contributed by atoms with Crippen LogP contribution >= 0.6 is 0 Å². The number of nitriles is 1. The van der Waals surface area contributed by atoms with Gasteiger partial charge in [-0.2, -0.15) is 5.26 Å². The normalized spacial score (nSPS) is 24.0. The highest BCUT2D eigenvalue weighted by atomic mass is 19.1. The number of ether oxygens (including phenoxy) is 1. The lowest BCUT2D eigenvalue weighted by molar-refractivity contribution is -0.138. The Bertz CT molecular complexity index is 1110. The van der Waals surface area contributed by atoms with E-state index in [4.69, 9.17) is 9.84 Å². The Morgan fingerprint density at radius 2 is 2.00 bits per heavy atom. The maximum Gasteiger partial charge on any atom is 0.248 e. The van der Waals surface area contributed by atoms with Crippen LogP contribution in [0, 0.1) is 17.2 Å². The molecule has 4 atom stereocenters. The molecule has 33 heavy (non-hydrogen) atoms. The summed E-state index contributed by atoms with van der Waals surface area (Å²) in [6, 6.07) is 10.2. The molecule has 2 heterocycles. The number of anilines is 1. The highest BCUT2D eigenvalue weighted by Gasteiger charge is 2.43. The number of carbonyl (C=O) groups is 2. The van der Waals surface area contributed by atoms with Crippen molar-refractivity contribution in [2.24, 2.45) is 5.92 Å². The number of aliphatic hydroxyl groups excluding tert-OH is 1. The molecule has 4 rings (SSSR count). The summed E-state index contributed by atoms with van der Waals surface area (Å²) < 4.78 is 33.4. The number of benzene rings is 1. The summed E-state index contributed by atoms with van der Waals surface area (Å²) >= 11 is 0. The summed E-state index contributed by atoms with van der Waals surface area (Å²) in [5, 5.41) is 21.1. The molecule has 2 unspecified atom stereocenters. The van der Waals surface area contributed by atoms with Gasteiger partial charge >= 0.3 is 0 Å². The SMILES string of the molecule is N#Cc1cc(-c2ccnc(NC(=O)C3CC3F)c2)ccc1O[C@H]1CCN(C(=O)CO)C[C@H]1F. The summed E-state index contributed by atoms with van der Waals surface area (Å²) in [5.74, 6) is -1.08. The van der Waals surface area contributed by atoms with Gasteiger partial charge in [0.2, 0.25) is 11.8 Å². The number of aliphatic hydroxyl groups is 1. The molecular formula is C23H22F2N4O4. The summed E-state index contributed by atoms with van der Waals surface area (Å²) in [5.41, 5.74) is 1.54. The molecule has 0 spiro atoms. The van der Waals surface area contributed by atoms with Gasteiger partial charge in [0.05, 0.1) is 18.0 Å². The molecule has 0 radical (unpaired) electrons. The van der Waals surface area contributed by atoms with Crippen LogP contribution in [0.2, 0.25) is 0 Å². The molecule has 1 aliphatic carbocycles. The fourth-order valence-corrected chi connectivity index (χ4v) is 3.74. The monoisotopic (exact) mass is 456 g/mol. The standard InChI is InChI=1S/C23H22F2N4O4/c24-17-9-16(17)23(32)28-21-8-14(3-5-27-21)13-1-2-19(15(7-13)10-26)33-20-4-6-29(11-18(20)25)22(31)12-30/h1-3,5,7-8,16-18,20,30H,4,6,9,11-12H2,(H,27,28,32)/t16?,17?,18-,20+/m1/s1. The minimum atomic E-state index is -1.46. The van der Waals surface area contributed by atoms with Gasteiger partial charge in [0.15, 0.2) is 6.17 Å². The van der Waals surface area contributed by atoms with Gasteiger partial charge in [0.25, 0.3) is 0 Å². The third-order valence-electron chi connectivity index (χ3n) is 5.74. The van der Waals surface area contributed by atoms with E-state index >= 15 is 0 Å². The topological polar surface area (TPSA) is 116 Å². The molecule has 0 bridgehead atoms. The highest BCUT2D eigenvalue weighted by molar-refractivity contribution is 5.94. The van der Waals surface area contributed by atoms with Crippen LogP contribution in [0.3, 0.4) is 0 Å². The van der Waals surface area contributed by atoms with Crippen LogP contribution in [-0.4, -0.2) is 64.9 Å². The number of pyridine rings is 1. The van der Waals surface area contributed by atoms with Crippen LogP contribution in [0.1, 0.15) is 18.4 Å². The van der Waals surface area contributed by atoms with Gasteiger partial charge in [-0.25, -0.2) is 13.8 Å². The smallest absolute Gasteiger partial charge is 0.248 e. The van der Waals surface area contributed by atoms with Gasteiger partial charge in [0, 0.05) is 19.2 Å². The number of carbonyl (C=O) groups excluding carboxylic acids is 2. The van der Waals surface area contributed by atoms with Crippen molar-refractivity contribution in [3.05, 3.63) is 42.1 Å². The van der Waals surface area contributed by atoms with Crippen molar-refractivity contribution in [1.82, 2.24) is 9.88 Å². The van der Waals surface area contributed by atoms with E-state index in [-0.39, 0.29) is 43.1 Å². The molecule has 172 valence electrons. The first-order chi connectivity index (χ1) is 15.9. The van der Waals surface area contributed by atoms with E-state index in [1.807, 2.05) is 6.07 Å². The average Bonchev–Trinajstić information content (AvgIpc) is 3.57. The number of halogens is 2. The van der Waals surface area contributed by atoms with Crippen molar-refractivity contribution in [1.29, 1.82) is 5.26 Å². The molecule has 1 saturated heterocycles. The van der Waals surface area contributed by atoms with Crippen LogP contribution in [0.5, 0.6) is 5.75 Å². The number of aromatic nitrogens is 1. The Labute approximate surface area is 188 Å². The minimum Gasteiger partial charge on any atom is -0.486 e. The first kappa shape index (κ1) is 22.6. The molecule has 2 amide bonds. The van der Waals surface area contributed by atoms with E-state index in [0.29, 0.717) is 11.1 Å². The van der Waals surface area contributed by atoms with Gasteiger partial charge in [-0.05, 0) is 41.8 Å². The number of nitrogens with one attached hydrogen (secondary N) is 1. The van der Waals surface area contributed by atoms with Crippen molar-refractivity contribution in [3.8, 4) is 22.9 Å². The molecule has 1 aromatic carbocycles. The van der Waals surface area contributed by atoms with Crippen molar-refractivity contribution in [2.75, 3.05) is 25.0 Å². The van der Waals surface area contributed by atoms with Crippen molar-refractivity contribution >= 4 is 17.6 Å². The Kier molecular flexibility index (Phi) is 6.51. The second kappa shape index (κ2) is 9.50. The maximum atomic E-state index is 14.5. The molecule has 1 aliphatic heterocycles. The summed E-state index contributed by atoms with van der Waals surface area (Å²) in [7, 11) is 0. The van der Waals surface area contributed by atoms with Crippen LogP contribution in [0.4, 0.5) is 14.6 Å². The van der Waals surface area contributed by atoms with Gasteiger partial charge in [0.1, 0.15) is 36.5 Å². The third-order valence-corrected chi connectivity index (χ3v) is 5.74. The number of piperidine rings is 1. The van der Waals surface area contributed by atoms with E-state index in [1.165, 1.54) is 11.1 Å². The highest BCUT2D eigenvalue weighted by Crippen LogP contribution is 2.35. The predicted octanol–water partition coefficient (Wildman–Crippen LogP) is 2.23. The number of hydrogen-bond acceptors (Lipinski definition) is 6. The molecular weight excluding hydrogens is 434 g/mol. The number of likely N-dealkylation sites (tertiary alicyclic amines) is 1. The second-order valence-corrected chi connectivity index (χ2v) is 8.06. The first-order valence-corrected chi connectivity index (χ1v) is 10.5. The zero-order chi connectivity index (χ0) is 23.5. The zero-order valence-electron chi connectivity index (χ0n) is 17.6. The Morgan fingerprint density at radius 3 is 2.67 bits per heavy atom. The van der Waals surface area contributed by atoms with Crippen molar-refractivity contribution in [2.45, 2.75) is 31.3 Å². The quantitative estimate of drug-likeness (QED) is 0.689. The lowest BCUT2D eigenvalue weighted by Gasteiger charge is -2.34. The molecule has 8 nitrogen and oxygen atoms in total. The average molecular weight is 456 g/mol.